The largest absolute Gasteiger partial charge is 0.310 e. The zero-order valence-corrected chi connectivity index (χ0v) is 25.9. The monoisotopic (exact) mass is 568 g/mol. The predicted octanol–water partition coefficient (Wildman–Crippen LogP) is 8.25. The number of nitrogens with one attached hydrogen (secondary N) is 1. The number of nitrogens with zero attached hydrogens (tertiary/aromatic N) is 7. The molecule has 2 aliphatic rings. The first-order valence-corrected chi connectivity index (χ1v) is 16.7. The van der Waals surface area contributed by atoms with E-state index >= 15 is 0 Å². The van der Waals surface area contributed by atoms with Gasteiger partial charge in [0.1, 0.15) is 5.82 Å². The van der Waals surface area contributed by atoms with Gasteiger partial charge in [0.25, 0.3) is 0 Å². The second-order valence-corrected chi connectivity index (χ2v) is 12.8. The molecule has 2 saturated carbocycles. The number of benzene rings is 1. The fourth-order valence-corrected chi connectivity index (χ4v) is 7.11. The highest BCUT2D eigenvalue weighted by Crippen LogP contribution is 2.44. The Labute approximate surface area is 250 Å². The lowest BCUT2D eigenvalue weighted by Crippen LogP contribution is -2.12. The molecule has 2 aliphatic carbocycles. The first kappa shape index (κ1) is 28.8. The van der Waals surface area contributed by atoms with Gasteiger partial charge in [0.2, 0.25) is 0 Å². The summed E-state index contributed by atoms with van der Waals surface area (Å²) >= 11 is 0. The number of aryl methyl sites for hydroxylation is 1. The van der Waals surface area contributed by atoms with Crippen molar-refractivity contribution in [2.24, 2.45) is 0 Å². The van der Waals surface area contributed by atoms with Crippen molar-refractivity contribution in [1.29, 1.82) is 0 Å². The van der Waals surface area contributed by atoms with Crippen molar-refractivity contribution in [2.75, 3.05) is 0 Å². The molecule has 42 heavy (non-hydrogen) atoms. The van der Waals surface area contributed by atoms with Gasteiger partial charge >= 0.3 is 0 Å². The van der Waals surface area contributed by atoms with Gasteiger partial charge in [-0.25, -0.2) is 14.8 Å². The third kappa shape index (κ3) is 6.09. The second-order valence-electron chi connectivity index (χ2n) is 12.8. The third-order valence-electron chi connectivity index (χ3n) is 9.80. The molecule has 224 valence electrons. The molecule has 0 bridgehead atoms. The Balaban J connectivity index is 1.38. The molecular weight excluding hydrogens is 520 g/mol. The summed E-state index contributed by atoms with van der Waals surface area (Å²) in [6.07, 6.45) is 17.3. The van der Waals surface area contributed by atoms with Crippen LogP contribution in [0.25, 0.3) is 17.2 Å². The van der Waals surface area contributed by atoms with Gasteiger partial charge in [-0.05, 0) is 90.1 Å². The summed E-state index contributed by atoms with van der Waals surface area (Å²) in [6.45, 7) is 7.42. The van der Waals surface area contributed by atoms with Crippen molar-refractivity contribution < 1.29 is 0 Å². The molecule has 0 amide bonds. The van der Waals surface area contributed by atoms with E-state index in [0.717, 1.165) is 55.4 Å². The van der Waals surface area contributed by atoms with Crippen LogP contribution >= 0.6 is 0 Å². The number of aromatic nitrogens is 8. The molecule has 3 heterocycles. The minimum Gasteiger partial charge on any atom is -0.310 e. The van der Waals surface area contributed by atoms with Crippen LogP contribution in [0.2, 0.25) is 0 Å². The number of H-pyrrole nitrogens is 1. The number of tetrazole rings is 1. The molecule has 0 saturated heterocycles. The lowest BCUT2D eigenvalue weighted by atomic mass is 9.82. The zero-order valence-electron chi connectivity index (χ0n) is 25.9. The molecule has 0 spiro atoms. The summed E-state index contributed by atoms with van der Waals surface area (Å²) in [5.74, 6) is 4.38. The third-order valence-corrected chi connectivity index (χ3v) is 9.80. The molecule has 3 aromatic heterocycles. The summed E-state index contributed by atoms with van der Waals surface area (Å²) in [5.41, 5.74) is 6.47. The topological polar surface area (TPSA) is 90.1 Å². The minimum absolute atomic E-state index is 0.378. The average molecular weight is 569 g/mol. The molecule has 1 aromatic carbocycles. The normalized spacial score (nSPS) is 17.6. The van der Waals surface area contributed by atoms with Crippen LogP contribution in [0.4, 0.5) is 0 Å². The number of hydrogen-bond acceptors (Lipinski definition) is 5. The van der Waals surface area contributed by atoms with Crippen LogP contribution in [-0.2, 0) is 13.0 Å². The van der Waals surface area contributed by atoms with E-state index in [4.69, 9.17) is 10.1 Å². The van der Waals surface area contributed by atoms with Crippen LogP contribution in [0.1, 0.15) is 150 Å². The van der Waals surface area contributed by atoms with Crippen LogP contribution in [0.5, 0.6) is 0 Å². The van der Waals surface area contributed by atoms with Gasteiger partial charge in [-0.15, -0.1) is 5.10 Å². The van der Waals surface area contributed by atoms with Crippen molar-refractivity contribution in [2.45, 2.75) is 135 Å². The fraction of sp³-hybridized carbons (Fsp3) is 0.618. The quantitative estimate of drug-likeness (QED) is 0.197. The maximum Gasteiger partial charge on any atom is 0.196 e. The Bertz CT molecular complexity index is 1400. The minimum atomic E-state index is 0.378. The van der Waals surface area contributed by atoms with E-state index in [2.05, 4.69) is 81.0 Å². The van der Waals surface area contributed by atoms with Gasteiger partial charge in [-0.3, -0.25) is 0 Å². The molecular formula is C34H48N8. The van der Waals surface area contributed by atoms with Crippen molar-refractivity contribution in [1.82, 2.24) is 40.0 Å². The summed E-state index contributed by atoms with van der Waals surface area (Å²) in [4.78, 5) is 4.96. The molecule has 8 nitrogen and oxygen atoms in total. The molecule has 8 heteroatoms. The first-order valence-electron chi connectivity index (χ1n) is 16.7. The second kappa shape index (κ2) is 13.3. The lowest BCUT2D eigenvalue weighted by molar-refractivity contribution is 0.432. The molecule has 1 unspecified atom stereocenters. The van der Waals surface area contributed by atoms with Crippen molar-refractivity contribution in [3.05, 3.63) is 58.8 Å². The van der Waals surface area contributed by atoms with E-state index in [-0.39, 0.29) is 0 Å². The maximum atomic E-state index is 4.96. The van der Waals surface area contributed by atoms with Gasteiger partial charge in [-0.2, -0.15) is 5.10 Å². The van der Waals surface area contributed by atoms with Crippen LogP contribution in [0.3, 0.4) is 0 Å². The van der Waals surface area contributed by atoms with Gasteiger partial charge in [0.15, 0.2) is 11.6 Å². The van der Waals surface area contributed by atoms with E-state index < -0.39 is 0 Å². The standard InChI is InChI=1S/C34H48N8/c1-4-6-17-31-35-33(24(3)5-2)38-41(31)23-25-18-20-28(21-19-25)42-30(27-15-11-8-12-16-27)22-29(26-13-9-7-10-14-26)32(42)34-36-39-40-37-34/h18-22,24,26-27H,4-17,23H2,1-3H3,(H,36,37,39,40). The van der Waals surface area contributed by atoms with Crippen molar-refractivity contribution in [3.63, 3.8) is 0 Å². The Kier molecular flexibility index (Phi) is 9.15. The molecule has 1 atom stereocenters. The lowest BCUT2D eigenvalue weighted by Gasteiger charge is -2.24. The smallest absolute Gasteiger partial charge is 0.196 e. The Morgan fingerprint density at radius 2 is 1.64 bits per heavy atom. The van der Waals surface area contributed by atoms with Gasteiger partial charge in [0, 0.05) is 23.7 Å². The van der Waals surface area contributed by atoms with Gasteiger partial charge < -0.3 is 4.57 Å². The van der Waals surface area contributed by atoms with Gasteiger partial charge in [0.05, 0.1) is 12.2 Å². The van der Waals surface area contributed by atoms with Crippen molar-refractivity contribution in [3.8, 4) is 17.2 Å². The van der Waals surface area contributed by atoms with Crippen LogP contribution < -0.4 is 0 Å². The van der Waals surface area contributed by atoms with E-state index in [1.54, 1.807) is 0 Å². The van der Waals surface area contributed by atoms with E-state index in [1.165, 1.54) is 86.7 Å². The van der Waals surface area contributed by atoms with E-state index in [0.29, 0.717) is 17.8 Å². The summed E-state index contributed by atoms with van der Waals surface area (Å²) in [5, 5.41) is 20.6. The maximum absolute atomic E-state index is 4.96. The molecule has 6 rings (SSSR count). The Hall–Kier alpha value is -3.29. The molecule has 4 aromatic rings. The Morgan fingerprint density at radius 1 is 0.929 bits per heavy atom. The molecule has 1 N–H and O–H groups in total. The molecule has 0 radical (unpaired) electrons. The highest BCUT2D eigenvalue weighted by molar-refractivity contribution is 5.63. The average Bonchev–Trinajstić information content (AvgIpc) is 3.80. The number of rotatable bonds is 11. The van der Waals surface area contributed by atoms with E-state index in [1.807, 2.05) is 0 Å². The Morgan fingerprint density at radius 3 is 2.29 bits per heavy atom. The molecule has 2 fully saturated rings. The number of hydrogen-bond donors (Lipinski definition) is 1. The summed E-state index contributed by atoms with van der Waals surface area (Å²) in [7, 11) is 0. The predicted molar refractivity (Wildman–Crippen MR) is 167 cm³/mol. The van der Waals surface area contributed by atoms with Crippen molar-refractivity contribution >= 4 is 0 Å². The van der Waals surface area contributed by atoms with Gasteiger partial charge in [-0.1, -0.05) is 77.8 Å². The SMILES string of the molecule is CCCCc1nc(C(C)CC)nn1Cc1ccc(-n2c(C3CCCCC3)cc(C3CCCCC3)c2-c2nnn[nH]2)cc1. The zero-order chi connectivity index (χ0) is 28.9. The number of aromatic amines is 1. The van der Waals surface area contributed by atoms with Crippen LogP contribution in [0.15, 0.2) is 30.3 Å². The summed E-state index contributed by atoms with van der Waals surface area (Å²) < 4.78 is 4.64. The fourth-order valence-electron chi connectivity index (χ4n) is 7.11. The van der Waals surface area contributed by atoms with Crippen LogP contribution in [0, 0.1) is 0 Å². The highest BCUT2D eigenvalue weighted by Gasteiger charge is 2.30. The molecule has 0 aliphatic heterocycles. The van der Waals surface area contributed by atoms with E-state index in [9.17, 15) is 0 Å². The number of unbranched alkanes of at least 4 members (excludes halogenated alkanes) is 1. The highest BCUT2D eigenvalue weighted by atomic mass is 15.5. The first-order chi connectivity index (χ1) is 20.7. The summed E-state index contributed by atoms with van der Waals surface area (Å²) in [6, 6.07) is 11.7. The van der Waals surface area contributed by atoms with Crippen LogP contribution in [-0.4, -0.2) is 40.0 Å².